The SMILES string of the molecule is COc1c(Br)cc(-c2ccccc2F)c(OC)c1-c1ccccc1F. The van der Waals surface area contributed by atoms with Gasteiger partial charge in [0, 0.05) is 16.7 Å². The van der Waals surface area contributed by atoms with Gasteiger partial charge in [-0.3, -0.25) is 0 Å². The van der Waals surface area contributed by atoms with Crippen molar-refractivity contribution >= 4 is 15.9 Å². The lowest BCUT2D eigenvalue weighted by molar-refractivity contribution is 0.396. The highest BCUT2D eigenvalue weighted by Gasteiger charge is 2.24. The number of ether oxygens (including phenoxy) is 2. The van der Waals surface area contributed by atoms with E-state index in [1.54, 1.807) is 42.5 Å². The molecule has 0 aromatic heterocycles. The molecular weight excluding hydrogens is 390 g/mol. The Kier molecular flexibility index (Phi) is 5.04. The van der Waals surface area contributed by atoms with Gasteiger partial charge in [0.25, 0.3) is 0 Å². The molecule has 25 heavy (non-hydrogen) atoms. The Morgan fingerprint density at radius 1 is 0.720 bits per heavy atom. The van der Waals surface area contributed by atoms with Crippen LogP contribution in [-0.2, 0) is 0 Å². The lowest BCUT2D eigenvalue weighted by Gasteiger charge is -2.19. The number of methoxy groups -OCH3 is 2. The van der Waals surface area contributed by atoms with E-state index in [1.807, 2.05) is 0 Å². The second-order valence-corrected chi connectivity index (χ2v) is 6.16. The fourth-order valence-electron chi connectivity index (χ4n) is 2.81. The molecule has 0 spiro atoms. The number of halogens is 3. The molecule has 128 valence electrons. The zero-order valence-corrected chi connectivity index (χ0v) is 15.2. The molecule has 0 saturated carbocycles. The Morgan fingerprint density at radius 3 is 1.76 bits per heavy atom. The van der Waals surface area contributed by atoms with E-state index in [9.17, 15) is 8.78 Å². The van der Waals surface area contributed by atoms with Crippen molar-refractivity contribution < 1.29 is 18.3 Å². The van der Waals surface area contributed by atoms with Gasteiger partial charge in [-0.2, -0.15) is 0 Å². The molecule has 0 fully saturated rings. The Balaban J connectivity index is 2.41. The van der Waals surface area contributed by atoms with E-state index in [-0.39, 0.29) is 0 Å². The van der Waals surface area contributed by atoms with Crippen molar-refractivity contribution in [3.63, 3.8) is 0 Å². The van der Waals surface area contributed by atoms with E-state index < -0.39 is 11.6 Å². The molecule has 0 aliphatic heterocycles. The Hall–Kier alpha value is -2.40. The number of rotatable bonds is 4. The van der Waals surface area contributed by atoms with Crippen molar-refractivity contribution in [1.82, 2.24) is 0 Å². The van der Waals surface area contributed by atoms with Crippen LogP contribution in [0.5, 0.6) is 11.5 Å². The van der Waals surface area contributed by atoms with Crippen molar-refractivity contribution in [2.45, 2.75) is 0 Å². The smallest absolute Gasteiger partial charge is 0.144 e. The molecule has 0 aliphatic rings. The molecule has 0 heterocycles. The fourth-order valence-corrected chi connectivity index (χ4v) is 3.40. The zero-order chi connectivity index (χ0) is 18.0. The molecule has 0 unspecified atom stereocenters. The molecule has 0 atom stereocenters. The first-order valence-electron chi connectivity index (χ1n) is 7.52. The second kappa shape index (κ2) is 7.23. The van der Waals surface area contributed by atoms with Gasteiger partial charge in [0.15, 0.2) is 0 Å². The van der Waals surface area contributed by atoms with Gasteiger partial charge in [-0.25, -0.2) is 8.78 Å². The summed E-state index contributed by atoms with van der Waals surface area (Å²) in [7, 11) is 2.96. The molecular formula is C20H15BrF2O2. The Morgan fingerprint density at radius 2 is 1.24 bits per heavy atom. The topological polar surface area (TPSA) is 18.5 Å². The lowest BCUT2D eigenvalue weighted by Crippen LogP contribution is -1.99. The first-order valence-corrected chi connectivity index (χ1v) is 8.32. The minimum Gasteiger partial charge on any atom is -0.495 e. The Bertz CT molecular complexity index is 926. The van der Waals surface area contributed by atoms with E-state index in [1.165, 1.54) is 26.4 Å². The molecule has 0 aliphatic carbocycles. The molecule has 3 aromatic carbocycles. The van der Waals surface area contributed by atoms with Gasteiger partial charge in [-0.05, 0) is 34.1 Å². The molecule has 3 aromatic rings. The number of hydrogen-bond acceptors (Lipinski definition) is 2. The summed E-state index contributed by atoms with van der Waals surface area (Å²) in [4.78, 5) is 0. The van der Waals surface area contributed by atoms with Crippen LogP contribution in [0.1, 0.15) is 0 Å². The van der Waals surface area contributed by atoms with Gasteiger partial charge in [0.2, 0.25) is 0 Å². The highest BCUT2D eigenvalue weighted by molar-refractivity contribution is 9.10. The first-order chi connectivity index (χ1) is 12.1. The maximum absolute atomic E-state index is 14.5. The van der Waals surface area contributed by atoms with E-state index in [4.69, 9.17) is 9.47 Å². The minimum atomic E-state index is -0.420. The van der Waals surface area contributed by atoms with Gasteiger partial charge in [-0.1, -0.05) is 36.4 Å². The van der Waals surface area contributed by atoms with E-state index in [0.29, 0.717) is 38.2 Å². The van der Waals surface area contributed by atoms with Gasteiger partial charge in [0.1, 0.15) is 23.1 Å². The average Bonchev–Trinajstić information content (AvgIpc) is 2.62. The molecule has 5 heteroatoms. The van der Waals surface area contributed by atoms with Crippen molar-refractivity contribution in [3.8, 4) is 33.8 Å². The van der Waals surface area contributed by atoms with Gasteiger partial charge in [0.05, 0.1) is 24.3 Å². The molecule has 0 N–H and O–H groups in total. The summed E-state index contributed by atoms with van der Waals surface area (Å²) in [5, 5.41) is 0. The predicted octanol–water partition coefficient (Wildman–Crippen LogP) is 6.08. The summed E-state index contributed by atoms with van der Waals surface area (Å²) >= 11 is 3.44. The summed E-state index contributed by atoms with van der Waals surface area (Å²) in [6, 6.07) is 14.4. The van der Waals surface area contributed by atoms with Gasteiger partial charge in [-0.15, -0.1) is 0 Å². The van der Waals surface area contributed by atoms with Crippen molar-refractivity contribution in [2.24, 2.45) is 0 Å². The molecule has 2 nitrogen and oxygen atoms in total. The summed E-state index contributed by atoms with van der Waals surface area (Å²) < 4.78 is 40.4. The third-order valence-electron chi connectivity index (χ3n) is 3.90. The van der Waals surface area contributed by atoms with Crippen LogP contribution < -0.4 is 9.47 Å². The molecule has 0 radical (unpaired) electrons. The lowest BCUT2D eigenvalue weighted by atomic mass is 9.95. The first kappa shape index (κ1) is 17.4. The van der Waals surface area contributed by atoms with E-state index >= 15 is 0 Å². The minimum absolute atomic E-state index is 0.315. The average molecular weight is 405 g/mol. The highest BCUT2D eigenvalue weighted by atomic mass is 79.9. The number of hydrogen-bond donors (Lipinski definition) is 0. The monoisotopic (exact) mass is 404 g/mol. The van der Waals surface area contributed by atoms with Crippen molar-refractivity contribution in [3.05, 3.63) is 70.7 Å². The van der Waals surface area contributed by atoms with E-state index in [2.05, 4.69) is 15.9 Å². The maximum Gasteiger partial charge on any atom is 0.144 e. The van der Waals surface area contributed by atoms with Gasteiger partial charge < -0.3 is 9.47 Å². The van der Waals surface area contributed by atoms with Crippen LogP contribution in [0.3, 0.4) is 0 Å². The van der Waals surface area contributed by atoms with Crippen LogP contribution in [0.2, 0.25) is 0 Å². The largest absolute Gasteiger partial charge is 0.495 e. The van der Waals surface area contributed by atoms with E-state index in [0.717, 1.165) is 0 Å². The molecule has 0 amide bonds. The van der Waals surface area contributed by atoms with Crippen LogP contribution in [0.15, 0.2) is 59.1 Å². The Labute approximate surface area is 153 Å². The summed E-state index contributed by atoms with van der Waals surface area (Å²) in [5.41, 5.74) is 1.61. The summed E-state index contributed by atoms with van der Waals surface area (Å²) in [6.45, 7) is 0. The zero-order valence-electron chi connectivity index (χ0n) is 13.6. The predicted molar refractivity (Wildman–Crippen MR) is 98.0 cm³/mol. The van der Waals surface area contributed by atoms with Gasteiger partial charge >= 0.3 is 0 Å². The van der Waals surface area contributed by atoms with Crippen molar-refractivity contribution in [1.29, 1.82) is 0 Å². The standard InChI is InChI=1S/C20H15BrF2O2/c1-24-19-14(12-7-3-5-9-16(12)22)11-15(21)20(25-2)18(19)13-8-4-6-10-17(13)23/h3-11H,1-2H3. The normalized spacial score (nSPS) is 10.6. The van der Waals surface area contributed by atoms with Crippen molar-refractivity contribution in [2.75, 3.05) is 14.2 Å². The third kappa shape index (κ3) is 3.12. The number of benzene rings is 3. The van der Waals surface area contributed by atoms with Crippen LogP contribution in [0, 0.1) is 11.6 Å². The van der Waals surface area contributed by atoms with Crippen LogP contribution in [0.4, 0.5) is 8.78 Å². The maximum atomic E-state index is 14.5. The third-order valence-corrected chi connectivity index (χ3v) is 4.49. The fraction of sp³-hybridized carbons (Fsp3) is 0.100. The summed E-state index contributed by atoms with van der Waals surface area (Å²) in [6.07, 6.45) is 0. The van der Waals surface area contributed by atoms with Crippen LogP contribution in [-0.4, -0.2) is 14.2 Å². The molecule has 3 rings (SSSR count). The molecule has 0 saturated heterocycles. The van der Waals surface area contributed by atoms with Crippen LogP contribution >= 0.6 is 15.9 Å². The second-order valence-electron chi connectivity index (χ2n) is 5.31. The van der Waals surface area contributed by atoms with Crippen LogP contribution in [0.25, 0.3) is 22.3 Å². The quantitative estimate of drug-likeness (QED) is 0.524. The highest BCUT2D eigenvalue weighted by Crippen LogP contribution is 2.49. The summed E-state index contributed by atoms with van der Waals surface area (Å²) in [5.74, 6) is -0.0497. The molecule has 0 bridgehead atoms.